The van der Waals surface area contributed by atoms with Crippen molar-refractivity contribution in [3.05, 3.63) is 0 Å². The van der Waals surface area contributed by atoms with Gasteiger partial charge in [0.05, 0.1) is 0 Å². The molecule has 5 atom stereocenters. The summed E-state index contributed by atoms with van der Waals surface area (Å²) in [5, 5.41) is 9.23. The number of carbonyl (C=O) groups excluding carboxylic acids is 3. The summed E-state index contributed by atoms with van der Waals surface area (Å²) in [6.45, 7) is 3.22. The van der Waals surface area contributed by atoms with Gasteiger partial charge in [0.15, 0.2) is 30.7 Å². The van der Waals surface area contributed by atoms with Crippen LogP contribution in [0.5, 0.6) is 0 Å². The Balaban J connectivity index is 3.25. The summed E-state index contributed by atoms with van der Waals surface area (Å²) in [6.07, 6.45) is -7.21. The molecule has 10 heteroatoms. The molecule has 1 aliphatic rings. The molecule has 0 aromatic heterocycles. The van der Waals surface area contributed by atoms with Crippen LogP contribution in [0.3, 0.4) is 0 Å². The van der Waals surface area contributed by atoms with Crippen molar-refractivity contribution in [1.82, 2.24) is 0 Å². The van der Waals surface area contributed by atoms with E-state index in [1.54, 1.807) is 0 Å². The van der Waals surface area contributed by atoms with Crippen molar-refractivity contribution in [3.63, 3.8) is 0 Å². The third kappa shape index (κ3) is 4.89. The molecule has 1 fully saturated rings. The van der Waals surface area contributed by atoms with Gasteiger partial charge in [-0.25, -0.2) is 4.79 Å². The molecule has 1 N–H and O–H groups in total. The number of methoxy groups -OCH3 is 1. The summed E-state index contributed by atoms with van der Waals surface area (Å²) in [5.41, 5.74) is 0. The lowest BCUT2D eigenvalue weighted by Crippen LogP contribution is -2.63. The first-order valence-corrected chi connectivity index (χ1v) is 6.60. The fraction of sp³-hybridized carbons (Fsp3) is 0.692. The second kappa shape index (κ2) is 7.88. The molecular weight excluding hydrogens is 316 g/mol. The zero-order valence-electron chi connectivity index (χ0n) is 13.0. The maximum absolute atomic E-state index is 11.3. The number of carboxylic acid groups (broad SMARTS) is 1. The number of rotatable bonds is 5. The van der Waals surface area contributed by atoms with Crippen molar-refractivity contribution in [3.8, 4) is 0 Å². The number of hydrogen-bond donors (Lipinski definition) is 1. The molecule has 0 aromatic rings. The van der Waals surface area contributed by atoms with Crippen LogP contribution in [0.4, 0.5) is 0 Å². The summed E-state index contributed by atoms with van der Waals surface area (Å²) in [6, 6.07) is 0. The normalized spacial score (nSPS) is 30.2. The van der Waals surface area contributed by atoms with Crippen LogP contribution in [0.25, 0.3) is 0 Å². The van der Waals surface area contributed by atoms with Gasteiger partial charge in [-0.3, -0.25) is 14.4 Å². The molecule has 0 amide bonds. The average Bonchev–Trinajstić information content (AvgIpc) is 2.40. The van der Waals surface area contributed by atoms with Crippen molar-refractivity contribution in [2.75, 3.05) is 7.11 Å². The molecule has 1 aliphatic heterocycles. The number of ether oxygens (including phenoxy) is 5. The van der Waals surface area contributed by atoms with Gasteiger partial charge < -0.3 is 28.8 Å². The summed E-state index contributed by atoms with van der Waals surface area (Å²) < 4.78 is 25.1. The van der Waals surface area contributed by atoms with E-state index in [1.165, 1.54) is 7.11 Å². The second-order valence-corrected chi connectivity index (χ2v) is 4.72. The lowest BCUT2D eigenvalue weighted by molar-refractivity contribution is -0.295. The Morgan fingerprint density at radius 3 is 1.65 bits per heavy atom. The molecule has 130 valence electrons. The molecule has 1 heterocycles. The minimum absolute atomic E-state index is 0.742. The minimum atomic E-state index is -1.67. The largest absolute Gasteiger partial charge is 0.479 e. The Morgan fingerprint density at radius 1 is 0.826 bits per heavy atom. The fourth-order valence-corrected chi connectivity index (χ4v) is 2.16. The molecule has 0 spiro atoms. The highest BCUT2D eigenvalue weighted by molar-refractivity contribution is 5.75. The van der Waals surface area contributed by atoms with Crippen molar-refractivity contribution in [2.24, 2.45) is 0 Å². The molecule has 23 heavy (non-hydrogen) atoms. The van der Waals surface area contributed by atoms with Crippen molar-refractivity contribution < 1.29 is 48.0 Å². The van der Waals surface area contributed by atoms with Crippen LogP contribution >= 0.6 is 0 Å². The number of aliphatic carboxylic acids is 1. The maximum Gasteiger partial charge on any atom is 0.337 e. The summed E-state index contributed by atoms with van der Waals surface area (Å²) >= 11 is 0. The molecular formula is C13H18O10. The molecule has 0 bridgehead atoms. The Labute approximate surface area is 131 Å². The van der Waals surface area contributed by atoms with Gasteiger partial charge in [-0.1, -0.05) is 0 Å². The van der Waals surface area contributed by atoms with E-state index in [2.05, 4.69) is 0 Å². The van der Waals surface area contributed by atoms with Gasteiger partial charge in [0.1, 0.15) is 0 Å². The smallest absolute Gasteiger partial charge is 0.337 e. The van der Waals surface area contributed by atoms with Gasteiger partial charge in [-0.15, -0.1) is 0 Å². The van der Waals surface area contributed by atoms with Gasteiger partial charge in [0.25, 0.3) is 0 Å². The van der Waals surface area contributed by atoms with Crippen molar-refractivity contribution in [1.29, 1.82) is 0 Å². The Kier molecular flexibility index (Phi) is 6.46. The van der Waals surface area contributed by atoms with Crippen molar-refractivity contribution in [2.45, 2.75) is 51.5 Å². The van der Waals surface area contributed by atoms with Gasteiger partial charge in [0.2, 0.25) is 0 Å². The molecule has 1 rings (SSSR count). The maximum atomic E-state index is 11.3. The first-order valence-electron chi connectivity index (χ1n) is 6.60. The molecule has 10 nitrogen and oxygen atoms in total. The number of carbonyl (C=O) groups is 4. The molecule has 0 unspecified atom stereocenters. The van der Waals surface area contributed by atoms with E-state index in [0.29, 0.717) is 0 Å². The van der Waals surface area contributed by atoms with Gasteiger partial charge >= 0.3 is 23.9 Å². The monoisotopic (exact) mass is 334 g/mol. The quantitative estimate of drug-likeness (QED) is 0.504. The van der Waals surface area contributed by atoms with Crippen LogP contribution in [-0.2, 0) is 42.9 Å². The van der Waals surface area contributed by atoms with E-state index in [0.717, 1.165) is 20.8 Å². The standard InChI is InChI=1S/C13H18O10/c1-5(14)20-8-9(21-6(2)15)11(22-7(3)16)13(19-4)23-10(8)12(17)18/h8-11,13H,1-4H3,(H,17,18)/t8-,9-,10-,11+,13-/m0/s1. The highest BCUT2D eigenvalue weighted by atomic mass is 16.7. The second-order valence-electron chi connectivity index (χ2n) is 4.72. The van der Waals surface area contributed by atoms with Gasteiger partial charge in [-0.2, -0.15) is 0 Å². The minimum Gasteiger partial charge on any atom is -0.479 e. The Morgan fingerprint density at radius 2 is 1.26 bits per heavy atom. The van der Waals surface area contributed by atoms with E-state index < -0.39 is 54.6 Å². The average molecular weight is 334 g/mol. The predicted molar refractivity (Wildman–Crippen MR) is 70.0 cm³/mol. The highest BCUT2D eigenvalue weighted by Gasteiger charge is 2.54. The summed E-state index contributed by atoms with van der Waals surface area (Å²) in [7, 11) is 1.19. The Hall–Kier alpha value is -2.20. The highest BCUT2D eigenvalue weighted by Crippen LogP contribution is 2.29. The predicted octanol–water partition coefficient (Wildman–Crippen LogP) is -0.763. The van der Waals surface area contributed by atoms with Crippen LogP contribution < -0.4 is 0 Å². The lowest BCUT2D eigenvalue weighted by Gasteiger charge is -2.42. The van der Waals surface area contributed by atoms with Crippen LogP contribution in [-0.4, -0.2) is 66.8 Å². The Bertz CT molecular complexity index is 487. The SMILES string of the molecule is CO[C@H]1O[C@H](C(=O)O)[C@@H](OC(C)=O)[C@H](OC(C)=O)[C@H]1OC(C)=O. The fourth-order valence-electron chi connectivity index (χ4n) is 2.16. The molecule has 0 saturated carbocycles. The third-order valence-electron chi connectivity index (χ3n) is 2.88. The number of esters is 3. The topological polar surface area (TPSA) is 135 Å². The van der Waals surface area contributed by atoms with Gasteiger partial charge in [-0.05, 0) is 0 Å². The van der Waals surface area contributed by atoms with Crippen LogP contribution in [0.2, 0.25) is 0 Å². The zero-order chi connectivity index (χ0) is 17.7. The summed E-state index contributed by atoms with van der Waals surface area (Å²) in [4.78, 5) is 45.2. The first-order chi connectivity index (χ1) is 10.7. The van der Waals surface area contributed by atoms with Crippen molar-refractivity contribution >= 4 is 23.9 Å². The lowest BCUT2D eigenvalue weighted by atomic mass is 9.98. The van der Waals surface area contributed by atoms with Gasteiger partial charge in [0, 0.05) is 27.9 Å². The van der Waals surface area contributed by atoms with E-state index in [1.807, 2.05) is 0 Å². The zero-order valence-corrected chi connectivity index (χ0v) is 13.0. The third-order valence-corrected chi connectivity index (χ3v) is 2.88. The van der Waals surface area contributed by atoms with Crippen LogP contribution in [0, 0.1) is 0 Å². The summed E-state index contributed by atoms with van der Waals surface area (Å²) in [5.74, 6) is -3.81. The van der Waals surface area contributed by atoms with Crippen LogP contribution in [0.15, 0.2) is 0 Å². The first kappa shape index (κ1) is 18.8. The molecule has 1 saturated heterocycles. The number of hydrogen-bond acceptors (Lipinski definition) is 9. The molecule has 0 aliphatic carbocycles. The molecule has 0 aromatic carbocycles. The number of carboxylic acids is 1. The van der Waals surface area contributed by atoms with E-state index in [4.69, 9.17) is 23.7 Å². The van der Waals surface area contributed by atoms with E-state index >= 15 is 0 Å². The van der Waals surface area contributed by atoms with Crippen LogP contribution in [0.1, 0.15) is 20.8 Å². The van der Waals surface area contributed by atoms with E-state index in [-0.39, 0.29) is 0 Å². The van der Waals surface area contributed by atoms with E-state index in [9.17, 15) is 24.3 Å². The molecule has 0 radical (unpaired) electrons.